The molecule has 2 saturated heterocycles. The summed E-state index contributed by atoms with van der Waals surface area (Å²) in [6.07, 6.45) is 5.89. The van der Waals surface area contributed by atoms with Crippen molar-refractivity contribution in [3.63, 3.8) is 0 Å². The van der Waals surface area contributed by atoms with Gasteiger partial charge in [-0.2, -0.15) is 0 Å². The number of hydrogen-bond donors (Lipinski definition) is 4. The SMILES string of the molecule is COc1ccc2c(c1)[C@]1(C[C@H]1C1CCC3C(C1)NNC3Nc1ncnc(N3CC(OC)C3)c1Cl)C(=O)N2. The van der Waals surface area contributed by atoms with Crippen molar-refractivity contribution in [2.24, 2.45) is 17.8 Å². The molecule has 4 unspecified atom stereocenters. The zero-order valence-electron chi connectivity index (χ0n) is 21.0. The Morgan fingerprint density at radius 3 is 2.86 bits per heavy atom. The molecular weight excluding hydrogens is 494 g/mol. The molecule has 2 aliphatic carbocycles. The van der Waals surface area contributed by atoms with Crippen molar-refractivity contribution < 1.29 is 14.3 Å². The van der Waals surface area contributed by atoms with Gasteiger partial charge >= 0.3 is 0 Å². The number of hydrazine groups is 1. The number of methoxy groups -OCH3 is 2. The van der Waals surface area contributed by atoms with Gasteiger partial charge in [-0.15, -0.1) is 0 Å². The molecule has 11 heteroatoms. The summed E-state index contributed by atoms with van der Waals surface area (Å²) in [5.41, 5.74) is 8.60. The number of carbonyl (C=O) groups excluding carboxylic acids is 1. The van der Waals surface area contributed by atoms with Gasteiger partial charge in [0.15, 0.2) is 11.6 Å². The number of rotatable bonds is 6. The number of nitrogens with one attached hydrogen (secondary N) is 4. The summed E-state index contributed by atoms with van der Waals surface area (Å²) in [4.78, 5) is 24.0. The van der Waals surface area contributed by atoms with Gasteiger partial charge in [-0.05, 0) is 61.3 Å². The van der Waals surface area contributed by atoms with Crippen LogP contribution < -0.4 is 31.1 Å². The molecule has 4 N–H and O–H groups in total. The standard InChI is InChI=1S/C26H32ClN7O3/c1-36-14-4-6-19-17(8-14)26(25(35)30-19)9-18(26)13-3-5-16-20(7-13)32-33-22(16)31-23-21(27)24(29-12-28-23)34-10-15(11-34)37-2/h4,6,8,12-13,15-16,18,20,22,32-33H,3,5,7,9-11H2,1-2H3,(H,30,35)(H,28,29,31)/t13?,16?,18-,20?,22?,26-/m0/s1. The van der Waals surface area contributed by atoms with E-state index < -0.39 is 5.41 Å². The predicted molar refractivity (Wildman–Crippen MR) is 140 cm³/mol. The molecule has 2 aromatic rings. The Hall–Kier alpha value is -2.66. The van der Waals surface area contributed by atoms with Gasteiger partial charge in [0.1, 0.15) is 17.1 Å². The number of hydrogen-bond acceptors (Lipinski definition) is 9. The molecule has 1 spiro atoms. The van der Waals surface area contributed by atoms with Gasteiger partial charge in [-0.3, -0.25) is 10.2 Å². The lowest BCUT2D eigenvalue weighted by molar-refractivity contribution is -0.118. The normalized spacial score (nSPS) is 34.1. The minimum atomic E-state index is -0.394. The van der Waals surface area contributed by atoms with Gasteiger partial charge in [0.25, 0.3) is 0 Å². The van der Waals surface area contributed by atoms with Gasteiger partial charge in [0.05, 0.1) is 24.8 Å². The Morgan fingerprint density at radius 2 is 2.05 bits per heavy atom. The number of amides is 1. The third kappa shape index (κ3) is 3.60. The molecule has 7 rings (SSSR count). The minimum absolute atomic E-state index is 0.0160. The van der Waals surface area contributed by atoms with Crippen molar-refractivity contribution in [2.45, 2.75) is 49.4 Å². The molecule has 4 fully saturated rings. The highest BCUT2D eigenvalue weighted by atomic mass is 35.5. The average molecular weight is 526 g/mol. The van der Waals surface area contributed by atoms with E-state index in [0.717, 1.165) is 61.6 Å². The maximum Gasteiger partial charge on any atom is 0.235 e. The number of anilines is 3. The van der Waals surface area contributed by atoms with Crippen LogP contribution in [0.1, 0.15) is 31.2 Å². The molecule has 0 bridgehead atoms. The topological polar surface area (TPSA) is 113 Å². The zero-order valence-corrected chi connectivity index (χ0v) is 21.7. The van der Waals surface area contributed by atoms with Crippen LogP contribution in [-0.2, 0) is 14.9 Å². The number of aromatic nitrogens is 2. The maximum atomic E-state index is 13.1. The molecule has 37 heavy (non-hydrogen) atoms. The minimum Gasteiger partial charge on any atom is -0.497 e. The van der Waals surface area contributed by atoms with Gasteiger partial charge in [-0.25, -0.2) is 15.4 Å². The monoisotopic (exact) mass is 525 g/mol. The summed E-state index contributed by atoms with van der Waals surface area (Å²) in [5, 5.41) is 7.18. The molecule has 196 valence electrons. The average Bonchev–Trinajstić information content (AvgIpc) is 3.43. The van der Waals surface area contributed by atoms with Gasteiger partial charge < -0.3 is 25.0 Å². The summed E-state index contributed by atoms with van der Waals surface area (Å²) in [6, 6.07) is 6.24. The molecule has 1 aromatic carbocycles. The molecule has 1 aromatic heterocycles. The second-order valence-electron chi connectivity index (χ2n) is 11.0. The Labute approximate surface area is 220 Å². The second kappa shape index (κ2) is 8.69. The van der Waals surface area contributed by atoms with Crippen molar-refractivity contribution in [3.05, 3.63) is 35.1 Å². The lowest BCUT2D eigenvalue weighted by Gasteiger charge is -2.39. The van der Waals surface area contributed by atoms with Crippen molar-refractivity contribution in [1.29, 1.82) is 0 Å². The summed E-state index contributed by atoms with van der Waals surface area (Å²) in [6.45, 7) is 1.56. The number of fused-ring (bicyclic) bond motifs is 3. The van der Waals surface area contributed by atoms with Gasteiger partial charge in [0, 0.05) is 37.8 Å². The predicted octanol–water partition coefficient (Wildman–Crippen LogP) is 2.51. The third-order valence-corrected chi connectivity index (χ3v) is 9.63. The molecule has 2 saturated carbocycles. The number of carbonyl (C=O) groups is 1. The van der Waals surface area contributed by atoms with E-state index in [9.17, 15) is 4.79 Å². The van der Waals surface area contributed by atoms with E-state index in [2.05, 4.69) is 36.4 Å². The first kappa shape index (κ1) is 23.5. The molecule has 5 aliphatic rings. The molecule has 1 amide bonds. The fraction of sp³-hybridized carbons (Fsp3) is 0.577. The lowest BCUT2D eigenvalue weighted by atomic mass is 9.74. The maximum absolute atomic E-state index is 13.1. The van der Waals surface area contributed by atoms with E-state index in [-0.39, 0.29) is 18.2 Å². The largest absolute Gasteiger partial charge is 0.497 e. The summed E-state index contributed by atoms with van der Waals surface area (Å²) in [7, 11) is 3.40. The number of ether oxygens (including phenoxy) is 2. The van der Waals surface area contributed by atoms with Crippen LogP contribution in [0.25, 0.3) is 0 Å². The first-order valence-corrected chi connectivity index (χ1v) is 13.5. The Kier molecular flexibility index (Phi) is 5.51. The quantitative estimate of drug-likeness (QED) is 0.452. The highest BCUT2D eigenvalue weighted by Crippen LogP contribution is 2.65. The molecule has 6 atom stereocenters. The van der Waals surface area contributed by atoms with E-state index in [4.69, 9.17) is 21.1 Å². The van der Waals surface area contributed by atoms with E-state index in [1.165, 1.54) is 0 Å². The van der Waals surface area contributed by atoms with Crippen LogP contribution in [0.4, 0.5) is 17.3 Å². The highest BCUT2D eigenvalue weighted by Gasteiger charge is 2.67. The first-order valence-electron chi connectivity index (χ1n) is 13.1. The summed E-state index contributed by atoms with van der Waals surface area (Å²) < 4.78 is 10.8. The van der Waals surface area contributed by atoms with Crippen LogP contribution in [0.2, 0.25) is 5.02 Å². The molecule has 0 radical (unpaired) electrons. The van der Waals surface area contributed by atoms with Gasteiger partial charge in [-0.1, -0.05) is 11.6 Å². The van der Waals surface area contributed by atoms with Crippen molar-refractivity contribution >= 4 is 34.8 Å². The number of halogens is 1. The van der Waals surface area contributed by atoms with Crippen LogP contribution in [-0.4, -0.2) is 61.5 Å². The fourth-order valence-electron chi connectivity index (χ4n) is 7.11. The van der Waals surface area contributed by atoms with Crippen molar-refractivity contribution in [3.8, 4) is 5.75 Å². The van der Waals surface area contributed by atoms with Crippen LogP contribution in [0, 0.1) is 17.8 Å². The fourth-order valence-corrected chi connectivity index (χ4v) is 7.38. The van der Waals surface area contributed by atoms with Crippen LogP contribution >= 0.6 is 11.6 Å². The number of benzene rings is 1. The molecule has 4 heterocycles. The smallest absolute Gasteiger partial charge is 0.235 e. The van der Waals surface area contributed by atoms with Crippen LogP contribution in [0.5, 0.6) is 5.75 Å². The molecule has 3 aliphatic heterocycles. The Morgan fingerprint density at radius 1 is 1.19 bits per heavy atom. The summed E-state index contributed by atoms with van der Waals surface area (Å²) >= 11 is 6.71. The van der Waals surface area contributed by atoms with Gasteiger partial charge in [0.2, 0.25) is 5.91 Å². The second-order valence-corrected chi connectivity index (χ2v) is 11.4. The van der Waals surface area contributed by atoms with E-state index in [1.54, 1.807) is 20.5 Å². The first-order chi connectivity index (χ1) is 18.0. The number of nitrogens with zero attached hydrogens (tertiary/aromatic N) is 3. The molecular formula is C26H32ClN7O3. The van der Waals surface area contributed by atoms with E-state index in [1.807, 2.05) is 18.2 Å². The Balaban J connectivity index is 1.02. The van der Waals surface area contributed by atoms with Crippen LogP contribution in [0.3, 0.4) is 0 Å². The van der Waals surface area contributed by atoms with Crippen LogP contribution in [0.15, 0.2) is 24.5 Å². The summed E-state index contributed by atoms with van der Waals surface area (Å²) in [5.74, 6) is 3.58. The molecule has 10 nitrogen and oxygen atoms in total. The van der Waals surface area contributed by atoms with Crippen molar-refractivity contribution in [1.82, 2.24) is 20.8 Å². The highest BCUT2D eigenvalue weighted by molar-refractivity contribution is 6.35. The third-order valence-electron chi connectivity index (χ3n) is 9.29. The lowest BCUT2D eigenvalue weighted by Crippen LogP contribution is -2.52. The van der Waals surface area contributed by atoms with E-state index >= 15 is 0 Å². The Bertz CT molecular complexity index is 1240. The van der Waals surface area contributed by atoms with Crippen molar-refractivity contribution in [2.75, 3.05) is 42.8 Å². The zero-order chi connectivity index (χ0) is 25.3. The van der Waals surface area contributed by atoms with E-state index in [0.29, 0.717) is 34.6 Å².